The van der Waals surface area contributed by atoms with Gasteiger partial charge in [0, 0.05) is 60.9 Å². The number of methoxy groups -OCH3 is 1. The van der Waals surface area contributed by atoms with Crippen molar-refractivity contribution in [2.45, 2.75) is 44.1 Å². The van der Waals surface area contributed by atoms with Crippen LogP contribution in [0.5, 0.6) is 11.5 Å². The molecule has 2 aliphatic heterocycles. The largest absolute Gasteiger partial charge is 0.506 e. The monoisotopic (exact) mass is 919 g/mol. The van der Waals surface area contributed by atoms with Crippen molar-refractivity contribution in [1.82, 2.24) is 25.4 Å². The number of nitrogens with one attached hydrogen (secondary N) is 3. The number of aliphatic hydroxyl groups excluding tert-OH is 1. The molecule has 1 aromatic heterocycles. The lowest BCUT2D eigenvalue weighted by atomic mass is 9.84. The second kappa shape index (κ2) is 21.7. The molecule has 2 aliphatic rings. The normalized spacial score (nSPS) is 15.8. The first kappa shape index (κ1) is 47.4. The molecule has 5 aromatic carbocycles. The van der Waals surface area contributed by atoms with Crippen molar-refractivity contribution in [2.75, 3.05) is 53.0 Å². The summed E-state index contributed by atoms with van der Waals surface area (Å²) in [5, 5.41) is 39.9. The quantitative estimate of drug-likeness (QED) is 0.0606. The number of amides is 2. The van der Waals surface area contributed by atoms with Crippen LogP contribution in [0.1, 0.15) is 69.1 Å². The van der Waals surface area contributed by atoms with E-state index in [-0.39, 0.29) is 48.3 Å². The Morgan fingerprint density at radius 1 is 0.868 bits per heavy atom. The first-order chi connectivity index (χ1) is 33.0. The molecular weight excluding hydrogens is 863 g/mol. The van der Waals surface area contributed by atoms with Crippen molar-refractivity contribution in [1.29, 1.82) is 0 Å². The van der Waals surface area contributed by atoms with Crippen molar-refractivity contribution in [3.05, 3.63) is 183 Å². The predicted molar refractivity (Wildman–Crippen MR) is 259 cm³/mol. The van der Waals surface area contributed by atoms with Crippen molar-refractivity contribution in [3.8, 4) is 11.5 Å². The fourth-order valence-electron chi connectivity index (χ4n) is 9.04. The second-order valence-corrected chi connectivity index (χ2v) is 17.4. The summed E-state index contributed by atoms with van der Waals surface area (Å²) in [5.41, 5.74) is 3.30. The summed E-state index contributed by atoms with van der Waals surface area (Å²) in [6.45, 7) is 3.90. The Morgan fingerprint density at radius 2 is 1.62 bits per heavy atom. The summed E-state index contributed by atoms with van der Waals surface area (Å²) in [4.78, 5) is 59.0. The minimum atomic E-state index is -2.04. The number of carbonyl (C=O) groups excluding carboxylic acids is 3. The van der Waals surface area contributed by atoms with E-state index in [2.05, 4.69) is 44.8 Å². The predicted octanol–water partition coefficient (Wildman–Crippen LogP) is 5.80. The molecule has 352 valence electrons. The molecule has 8 rings (SSSR count). The summed E-state index contributed by atoms with van der Waals surface area (Å²) in [6, 6.07) is 37.5. The minimum absolute atomic E-state index is 0.0919. The second-order valence-electron chi connectivity index (χ2n) is 17.4. The molecule has 68 heavy (non-hydrogen) atoms. The highest BCUT2D eigenvalue weighted by Crippen LogP contribution is 2.35. The van der Waals surface area contributed by atoms with E-state index in [0.29, 0.717) is 59.4 Å². The molecule has 0 bridgehead atoms. The van der Waals surface area contributed by atoms with Gasteiger partial charge in [0.15, 0.2) is 0 Å². The lowest BCUT2D eigenvalue weighted by Crippen LogP contribution is -2.42. The van der Waals surface area contributed by atoms with Crippen molar-refractivity contribution >= 4 is 34.3 Å². The van der Waals surface area contributed by atoms with Gasteiger partial charge in [-0.15, -0.1) is 0 Å². The van der Waals surface area contributed by atoms with Crippen LogP contribution in [0.3, 0.4) is 0 Å². The standard InChI is InChI=1S/C54H57N5O9/c1-67-48-30-40(15-16-41(48)31-55-32-47(61)44-17-19-46(60)51-45(44)18-20-49(62)57-51)52(64)56-33-50(63)59-27-23-38(24-28-59)39-11-8-14-43(29-39)54(66,42-12-6-3-7-13-42)53(65)68-35-37-21-25-58(26-22-37)34-36-9-4-2-5-10-36/h2-20,23,29-30,37,47,55,60-61,66H,21-22,24-28,31-35H2,1H3,(H,56,64)(H,57,62)/t47-,54?/m0/s1. The molecule has 0 spiro atoms. The number of benzene rings is 5. The number of esters is 1. The van der Waals surface area contributed by atoms with Crippen LogP contribution in [0.15, 0.2) is 138 Å². The summed E-state index contributed by atoms with van der Waals surface area (Å²) in [6.07, 6.45) is 3.32. The van der Waals surface area contributed by atoms with Crippen LogP contribution in [-0.4, -0.2) is 101 Å². The van der Waals surface area contributed by atoms with Gasteiger partial charge in [0.1, 0.15) is 11.5 Å². The molecular formula is C54H57N5O9. The van der Waals surface area contributed by atoms with E-state index < -0.39 is 23.6 Å². The molecule has 6 aromatic rings. The number of hydrogen-bond acceptors (Lipinski definition) is 11. The zero-order valence-corrected chi connectivity index (χ0v) is 38.0. The molecule has 14 nitrogen and oxygen atoms in total. The highest BCUT2D eigenvalue weighted by molar-refractivity contribution is 5.97. The number of phenols is 1. The van der Waals surface area contributed by atoms with Gasteiger partial charge in [-0.05, 0) is 96.4 Å². The SMILES string of the molecule is COc1cc(C(=O)NCC(=O)N2CC=C(c3cccc(C(O)(C(=O)OCC4CCN(Cc5ccccc5)CC4)c4ccccc4)c3)CC2)ccc1CNC[C@H](O)c1ccc(O)c2[nH]c(=O)ccc12. The molecule has 14 heteroatoms. The number of H-pyrrole nitrogens is 1. The lowest BCUT2D eigenvalue weighted by Gasteiger charge is -2.33. The number of aromatic amines is 1. The van der Waals surface area contributed by atoms with Gasteiger partial charge in [0.05, 0.1) is 31.9 Å². The number of aromatic hydroxyl groups is 1. The number of ether oxygens (including phenoxy) is 2. The first-order valence-electron chi connectivity index (χ1n) is 23.0. The number of piperidine rings is 1. The van der Waals surface area contributed by atoms with E-state index in [1.165, 1.54) is 24.8 Å². The van der Waals surface area contributed by atoms with Crippen LogP contribution in [0.25, 0.3) is 16.5 Å². The topological polar surface area (TPSA) is 194 Å². The summed E-state index contributed by atoms with van der Waals surface area (Å²) in [7, 11) is 1.49. The molecule has 0 saturated carbocycles. The smallest absolute Gasteiger partial charge is 0.347 e. The average molecular weight is 920 g/mol. The Kier molecular flexibility index (Phi) is 15.1. The van der Waals surface area contributed by atoms with Crippen LogP contribution in [0.2, 0.25) is 0 Å². The highest BCUT2D eigenvalue weighted by Gasteiger charge is 2.42. The molecule has 2 atom stereocenters. The molecule has 1 unspecified atom stereocenters. The van der Waals surface area contributed by atoms with Gasteiger partial charge >= 0.3 is 5.97 Å². The Morgan fingerprint density at radius 3 is 2.35 bits per heavy atom. The number of hydrogen-bond donors (Lipinski definition) is 6. The number of nitrogens with zero attached hydrogens (tertiary/aromatic N) is 2. The molecule has 3 heterocycles. The third-order valence-corrected chi connectivity index (χ3v) is 13.0. The van der Waals surface area contributed by atoms with Gasteiger partial charge in [-0.3, -0.25) is 19.3 Å². The van der Waals surface area contributed by atoms with E-state index >= 15 is 0 Å². The number of phenolic OH excluding ortho intramolecular Hbond substituents is 1. The zero-order chi connectivity index (χ0) is 47.6. The number of pyridine rings is 1. The Labute approximate surface area is 394 Å². The molecule has 0 aliphatic carbocycles. The van der Waals surface area contributed by atoms with Crippen LogP contribution in [-0.2, 0) is 33.0 Å². The van der Waals surface area contributed by atoms with E-state index in [0.717, 1.165) is 49.2 Å². The van der Waals surface area contributed by atoms with Crippen molar-refractivity contribution in [2.24, 2.45) is 5.92 Å². The van der Waals surface area contributed by atoms with Gasteiger partial charge in [0.25, 0.3) is 5.91 Å². The molecule has 1 saturated heterocycles. The number of rotatable bonds is 17. The summed E-state index contributed by atoms with van der Waals surface area (Å²) >= 11 is 0. The highest BCUT2D eigenvalue weighted by atomic mass is 16.5. The molecule has 1 fully saturated rings. The fourth-order valence-corrected chi connectivity index (χ4v) is 9.04. The average Bonchev–Trinajstić information content (AvgIpc) is 3.38. The van der Waals surface area contributed by atoms with E-state index in [1.807, 2.05) is 36.4 Å². The number of fused-ring (bicyclic) bond motifs is 1. The molecule has 0 radical (unpaired) electrons. The minimum Gasteiger partial charge on any atom is -0.506 e. The van der Waals surface area contributed by atoms with Crippen LogP contribution >= 0.6 is 0 Å². The third kappa shape index (κ3) is 11.0. The third-order valence-electron chi connectivity index (χ3n) is 13.0. The van der Waals surface area contributed by atoms with Crippen LogP contribution in [0.4, 0.5) is 0 Å². The maximum absolute atomic E-state index is 14.0. The summed E-state index contributed by atoms with van der Waals surface area (Å²) < 4.78 is 11.5. The van der Waals surface area contributed by atoms with E-state index in [4.69, 9.17) is 9.47 Å². The molecule has 2 amide bonds. The number of aliphatic hydroxyl groups is 2. The van der Waals surface area contributed by atoms with Crippen molar-refractivity contribution < 1.29 is 39.2 Å². The Balaban J connectivity index is 0.835. The summed E-state index contributed by atoms with van der Waals surface area (Å²) in [5.74, 6) is -0.858. The fraction of sp³-hybridized carbons (Fsp3) is 0.296. The Hall–Kier alpha value is -7.10. The van der Waals surface area contributed by atoms with Gasteiger partial charge in [-0.25, -0.2) is 4.79 Å². The van der Waals surface area contributed by atoms with Crippen LogP contribution < -0.4 is 20.9 Å². The number of aromatic nitrogens is 1. The maximum Gasteiger partial charge on any atom is 0.347 e. The number of likely N-dealkylation sites (tertiary alicyclic amines) is 1. The van der Waals surface area contributed by atoms with Gasteiger partial charge in [0.2, 0.25) is 17.1 Å². The van der Waals surface area contributed by atoms with Crippen molar-refractivity contribution in [3.63, 3.8) is 0 Å². The first-order valence-corrected chi connectivity index (χ1v) is 23.0. The van der Waals surface area contributed by atoms with E-state index in [9.17, 15) is 34.5 Å². The van der Waals surface area contributed by atoms with Gasteiger partial charge < -0.3 is 45.3 Å². The van der Waals surface area contributed by atoms with Crippen LogP contribution in [0, 0.1) is 5.92 Å². The van der Waals surface area contributed by atoms with E-state index in [1.54, 1.807) is 65.6 Å². The van der Waals surface area contributed by atoms with Gasteiger partial charge in [-0.2, -0.15) is 0 Å². The lowest BCUT2D eigenvalue weighted by molar-refractivity contribution is -0.164. The number of carbonyl (C=O) groups is 3. The maximum atomic E-state index is 14.0. The van der Waals surface area contributed by atoms with Gasteiger partial charge in [-0.1, -0.05) is 97.1 Å². The Bertz CT molecular complexity index is 2830. The zero-order valence-electron chi connectivity index (χ0n) is 38.0. The molecule has 6 N–H and O–H groups in total.